The summed E-state index contributed by atoms with van der Waals surface area (Å²) < 4.78 is 16.6. The molecule has 0 spiro atoms. The van der Waals surface area contributed by atoms with Crippen LogP contribution in [0.2, 0.25) is 0 Å². The lowest BCUT2D eigenvalue weighted by Crippen LogP contribution is -2.45. The molecule has 0 saturated carbocycles. The van der Waals surface area contributed by atoms with E-state index < -0.39 is 0 Å². The molecule has 120 valence electrons. The quantitative estimate of drug-likeness (QED) is 0.890. The van der Waals surface area contributed by atoms with E-state index in [0.29, 0.717) is 19.8 Å². The van der Waals surface area contributed by atoms with Gasteiger partial charge >= 0.3 is 6.03 Å². The Balaban J connectivity index is 1.48. The second kappa shape index (κ2) is 6.87. The number of benzene rings is 1. The van der Waals surface area contributed by atoms with Crippen LogP contribution in [0.3, 0.4) is 0 Å². The number of hydrogen-bond donors (Lipinski definition) is 2. The van der Waals surface area contributed by atoms with Crippen LogP contribution in [-0.2, 0) is 11.3 Å². The van der Waals surface area contributed by atoms with Crippen molar-refractivity contribution >= 4 is 6.03 Å². The van der Waals surface area contributed by atoms with E-state index in [1.54, 1.807) is 0 Å². The molecule has 6 nitrogen and oxygen atoms in total. The molecule has 2 aliphatic rings. The molecule has 0 aliphatic carbocycles. The third kappa shape index (κ3) is 3.62. The maximum atomic E-state index is 11.9. The van der Waals surface area contributed by atoms with E-state index in [4.69, 9.17) is 14.2 Å². The van der Waals surface area contributed by atoms with Crippen molar-refractivity contribution in [3.05, 3.63) is 23.8 Å². The van der Waals surface area contributed by atoms with Crippen LogP contribution >= 0.6 is 0 Å². The Hall–Kier alpha value is -1.95. The van der Waals surface area contributed by atoms with Gasteiger partial charge in [-0.05, 0) is 37.5 Å². The first-order chi connectivity index (χ1) is 10.7. The standard InChI is InChI=1S/C16H22N2O4/c1-11(13-3-2-6-20-13)18-16(19)17-10-12-4-5-14-15(9-12)22-8-7-21-14/h4-5,9,11,13H,2-3,6-8,10H2,1H3,(H2,17,18,19)/t11-,13+/m0/s1. The maximum Gasteiger partial charge on any atom is 0.315 e. The van der Waals surface area contributed by atoms with Crippen molar-refractivity contribution in [2.45, 2.75) is 38.5 Å². The highest BCUT2D eigenvalue weighted by molar-refractivity contribution is 5.74. The third-order valence-corrected chi connectivity index (χ3v) is 3.94. The van der Waals surface area contributed by atoms with Crippen molar-refractivity contribution in [2.24, 2.45) is 0 Å². The number of urea groups is 1. The van der Waals surface area contributed by atoms with E-state index in [2.05, 4.69) is 10.6 Å². The van der Waals surface area contributed by atoms with Gasteiger partial charge in [0.15, 0.2) is 11.5 Å². The SMILES string of the molecule is C[C@H](NC(=O)NCc1ccc2c(c1)OCCO2)[C@H]1CCCO1. The molecular weight excluding hydrogens is 284 g/mol. The lowest BCUT2D eigenvalue weighted by Gasteiger charge is -2.21. The number of rotatable bonds is 4. The smallest absolute Gasteiger partial charge is 0.315 e. The van der Waals surface area contributed by atoms with E-state index in [-0.39, 0.29) is 18.2 Å². The Morgan fingerprint density at radius 1 is 1.27 bits per heavy atom. The summed E-state index contributed by atoms with van der Waals surface area (Å²) in [5.41, 5.74) is 0.976. The summed E-state index contributed by atoms with van der Waals surface area (Å²) >= 11 is 0. The monoisotopic (exact) mass is 306 g/mol. The number of amides is 2. The fourth-order valence-electron chi connectivity index (χ4n) is 2.73. The third-order valence-electron chi connectivity index (χ3n) is 3.94. The molecule has 2 atom stereocenters. The summed E-state index contributed by atoms with van der Waals surface area (Å²) in [7, 11) is 0. The zero-order chi connectivity index (χ0) is 15.4. The summed E-state index contributed by atoms with van der Waals surface area (Å²) in [5, 5.41) is 5.78. The average molecular weight is 306 g/mol. The molecule has 2 aliphatic heterocycles. The highest BCUT2D eigenvalue weighted by Gasteiger charge is 2.23. The average Bonchev–Trinajstić information content (AvgIpc) is 3.07. The highest BCUT2D eigenvalue weighted by Crippen LogP contribution is 2.30. The van der Waals surface area contributed by atoms with Gasteiger partial charge in [0.25, 0.3) is 0 Å². The molecule has 6 heteroatoms. The maximum absolute atomic E-state index is 11.9. The molecule has 1 fully saturated rings. The minimum atomic E-state index is -0.183. The van der Waals surface area contributed by atoms with Crippen LogP contribution in [0.4, 0.5) is 4.79 Å². The lowest BCUT2D eigenvalue weighted by molar-refractivity contribution is 0.0860. The molecule has 0 bridgehead atoms. The van der Waals surface area contributed by atoms with Gasteiger partial charge in [0.2, 0.25) is 0 Å². The number of nitrogens with one attached hydrogen (secondary N) is 2. The molecule has 3 rings (SSSR count). The molecule has 2 amide bonds. The molecule has 2 N–H and O–H groups in total. The van der Waals surface area contributed by atoms with Crippen LogP contribution in [-0.4, -0.2) is 38.0 Å². The van der Waals surface area contributed by atoms with Crippen LogP contribution < -0.4 is 20.1 Å². The number of fused-ring (bicyclic) bond motifs is 1. The van der Waals surface area contributed by atoms with Gasteiger partial charge in [-0.15, -0.1) is 0 Å². The van der Waals surface area contributed by atoms with E-state index in [0.717, 1.165) is 36.5 Å². The summed E-state index contributed by atoms with van der Waals surface area (Å²) in [6.45, 7) is 4.34. The van der Waals surface area contributed by atoms with Gasteiger partial charge in [-0.3, -0.25) is 0 Å². The molecule has 1 aromatic carbocycles. The van der Waals surface area contributed by atoms with Gasteiger partial charge in [-0.25, -0.2) is 4.79 Å². The molecule has 0 radical (unpaired) electrons. The van der Waals surface area contributed by atoms with Crippen LogP contribution in [0.15, 0.2) is 18.2 Å². The molecule has 1 aromatic rings. The topological polar surface area (TPSA) is 68.8 Å². The van der Waals surface area contributed by atoms with Crippen LogP contribution in [0.25, 0.3) is 0 Å². The molecular formula is C16H22N2O4. The van der Waals surface area contributed by atoms with Crippen molar-refractivity contribution < 1.29 is 19.0 Å². The van der Waals surface area contributed by atoms with E-state index in [1.807, 2.05) is 25.1 Å². The van der Waals surface area contributed by atoms with Crippen LogP contribution in [0.5, 0.6) is 11.5 Å². The minimum Gasteiger partial charge on any atom is -0.486 e. The van der Waals surface area contributed by atoms with E-state index in [9.17, 15) is 4.79 Å². The Kier molecular flexibility index (Phi) is 4.68. The minimum absolute atomic E-state index is 0.0165. The van der Waals surface area contributed by atoms with Gasteiger partial charge in [-0.2, -0.15) is 0 Å². The first-order valence-corrected chi connectivity index (χ1v) is 7.77. The molecule has 0 unspecified atom stereocenters. The number of ether oxygens (including phenoxy) is 3. The Morgan fingerprint density at radius 2 is 2.09 bits per heavy atom. The molecule has 2 heterocycles. The van der Waals surface area contributed by atoms with Crippen molar-refractivity contribution in [2.75, 3.05) is 19.8 Å². The van der Waals surface area contributed by atoms with E-state index >= 15 is 0 Å². The summed E-state index contributed by atoms with van der Waals surface area (Å²) in [6.07, 6.45) is 2.19. The largest absolute Gasteiger partial charge is 0.486 e. The zero-order valence-electron chi connectivity index (χ0n) is 12.8. The van der Waals surface area contributed by atoms with Crippen molar-refractivity contribution in [3.8, 4) is 11.5 Å². The Bertz CT molecular complexity index is 529. The van der Waals surface area contributed by atoms with Gasteiger partial charge in [0.05, 0.1) is 12.1 Å². The Labute approximate surface area is 130 Å². The van der Waals surface area contributed by atoms with Crippen molar-refractivity contribution in [1.29, 1.82) is 0 Å². The molecule has 0 aromatic heterocycles. The second-order valence-electron chi connectivity index (χ2n) is 5.65. The van der Waals surface area contributed by atoms with Crippen molar-refractivity contribution in [1.82, 2.24) is 10.6 Å². The van der Waals surface area contributed by atoms with E-state index in [1.165, 1.54) is 0 Å². The van der Waals surface area contributed by atoms with Gasteiger partial charge < -0.3 is 24.8 Å². The van der Waals surface area contributed by atoms with Crippen LogP contribution in [0.1, 0.15) is 25.3 Å². The number of hydrogen-bond acceptors (Lipinski definition) is 4. The first kappa shape index (κ1) is 15.0. The zero-order valence-corrected chi connectivity index (χ0v) is 12.8. The predicted octanol–water partition coefficient (Wildman–Crippen LogP) is 1.82. The van der Waals surface area contributed by atoms with Gasteiger partial charge in [0, 0.05) is 13.2 Å². The number of carbonyl (C=O) groups is 1. The van der Waals surface area contributed by atoms with Crippen molar-refractivity contribution in [3.63, 3.8) is 0 Å². The second-order valence-corrected chi connectivity index (χ2v) is 5.65. The normalized spacial score (nSPS) is 21.2. The molecule has 22 heavy (non-hydrogen) atoms. The van der Waals surface area contributed by atoms with Gasteiger partial charge in [0.1, 0.15) is 13.2 Å². The summed E-state index contributed by atoms with van der Waals surface area (Å²) in [5.74, 6) is 1.49. The fourth-order valence-corrected chi connectivity index (χ4v) is 2.73. The molecule has 1 saturated heterocycles. The summed E-state index contributed by atoms with van der Waals surface area (Å²) in [4.78, 5) is 11.9. The number of carbonyl (C=O) groups excluding carboxylic acids is 1. The lowest BCUT2D eigenvalue weighted by atomic mass is 10.1. The Morgan fingerprint density at radius 3 is 2.86 bits per heavy atom. The summed E-state index contributed by atoms with van der Waals surface area (Å²) in [6, 6.07) is 5.54. The predicted molar refractivity (Wildman–Crippen MR) is 81.2 cm³/mol. The first-order valence-electron chi connectivity index (χ1n) is 7.77. The van der Waals surface area contributed by atoms with Crippen LogP contribution in [0, 0.1) is 0 Å². The van der Waals surface area contributed by atoms with Gasteiger partial charge in [-0.1, -0.05) is 6.07 Å². The fraction of sp³-hybridized carbons (Fsp3) is 0.562. The highest BCUT2D eigenvalue weighted by atomic mass is 16.6.